The van der Waals surface area contributed by atoms with Crippen molar-refractivity contribution in [2.24, 2.45) is 0 Å². The number of aldehydes is 1. The lowest BCUT2D eigenvalue weighted by atomic mass is 10.2. The summed E-state index contributed by atoms with van der Waals surface area (Å²) in [7, 11) is 0. The summed E-state index contributed by atoms with van der Waals surface area (Å²) in [4.78, 5) is 14.8. The molecule has 1 aliphatic rings. The second kappa shape index (κ2) is 5.05. The number of ether oxygens (including phenoxy) is 1. The zero-order valence-corrected chi connectivity index (χ0v) is 11.0. The monoisotopic (exact) mass is 276 g/mol. The van der Waals surface area contributed by atoms with Crippen molar-refractivity contribution in [2.45, 2.75) is 25.5 Å². The average molecular weight is 277 g/mol. The number of halogens is 1. The fourth-order valence-corrected chi connectivity index (χ4v) is 2.23. The third-order valence-electron chi connectivity index (χ3n) is 3.15. The van der Waals surface area contributed by atoms with Crippen molar-refractivity contribution in [2.75, 3.05) is 0 Å². The third kappa shape index (κ3) is 2.63. The van der Waals surface area contributed by atoms with E-state index in [0.29, 0.717) is 29.0 Å². The van der Waals surface area contributed by atoms with E-state index in [1.807, 2.05) is 12.5 Å². The van der Waals surface area contributed by atoms with Gasteiger partial charge in [-0.25, -0.2) is 4.98 Å². The predicted octanol–water partition coefficient (Wildman–Crippen LogP) is 3.26. The first kappa shape index (κ1) is 12.2. The summed E-state index contributed by atoms with van der Waals surface area (Å²) in [5.41, 5.74) is 1.58. The molecule has 1 saturated carbocycles. The van der Waals surface area contributed by atoms with Crippen LogP contribution in [0.4, 0.5) is 0 Å². The van der Waals surface area contributed by atoms with Gasteiger partial charge in [0.25, 0.3) is 0 Å². The molecule has 1 heterocycles. The van der Waals surface area contributed by atoms with Crippen molar-refractivity contribution in [3.63, 3.8) is 0 Å². The van der Waals surface area contributed by atoms with Gasteiger partial charge in [-0.2, -0.15) is 0 Å². The molecule has 1 aliphatic carbocycles. The summed E-state index contributed by atoms with van der Waals surface area (Å²) in [5, 5.41) is 0.446. The summed E-state index contributed by atoms with van der Waals surface area (Å²) in [6, 6.07) is 5.58. The van der Waals surface area contributed by atoms with Crippen LogP contribution in [0.5, 0.6) is 5.75 Å². The number of benzene rings is 1. The number of carbonyl (C=O) groups excluding carboxylic acids is 1. The molecular weight excluding hydrogens is 264 g/mol. The topological polar surface area (TPSA) is 44.1 Å². The minimum Gasteiger partial charge on any atom is -0.486 e. The second-order valence-electron chi connectivity index (χ2n) is 4.62. The van der Waals surface area contributed by atoms with Crippen LogP contribution in [-0.4, -0.2) is 15.8 Å². The summed E-state index contributed by atoms with van der Waals surface area (Å²) in [5.74, 6) is 0.579. The Morgan fingerprint density at radius 1 is 1.47 bits per heavy atom. The van der Waals surface area contributed by atoms with Crippen LogP contribution in [0.15, 0.2) is 30.7 Å². The Hall–Kier alpha value is -1.81. The summed E-state index contributed by atoms with van der Waals surface area (Å²) >= 11 is 6.06. The van der Waals surface area contributed by atoms with E-state index in [1.165, 1.54) is 12.8 Å². The largest absolute Gasteiger partial charge is 0.486 e. The highest BCUT2D eigenvalue weighted by molar-refractivity contribution is 6.32. The molecule has 0 radical (unpaired) electrons. The van der Waals surface area contributed by atoms with Crippen molar-refractivity contribution in [1.82, 2.24) is 9.55 Å². The number of aromatic nitrogens is 2. The molecule has 0 unspecified atom stereocenters. The normalized spacial score (nSPS) is 14.4. The quantitative estimate of drug-likeness (QED) is 0.787. The van der Waals surface area contributed by atoms with Crippen molar-refractivity contribution < 1.29 is 9.53 Å². The zero-order chi connectivity index (χ0) is 13.2. The molecular formula is C14H13ClN2O2. The fraction of sp³-hybridized carbons (Fsp3) is 0.286. The molecule has 98 valence electrons. The van der Waals surface area contributed by atoms with E-state index in [4.69, 9.17) is 16.3 Å². The van der Waals surface area contributed by atoms with Crippen molar-refractivity contribution >= 4 is 17.9 Å². The Bertz CT molecular complexity index is 605. The maximum atomic E-state index is 10.6. The molecule has 2 aromatic rings. The van der Waals surface area contributed by atoms with Crippen molar-refractivity contribution in [3.05, 3.63) is 47.0 Å². The van der Waals surface area contributed by atoms with Crippen LogP contribution >= 0.6 is 11.6 Å². The molecule has 5 heteroatoms. The lowest BCUT2D eigenvalue weighted by Crippen LogP contribution is -2.04. The Morgan fingerprint density at radius 3 is 3.00 bits per heavy atom. The van der Waals surface area contributed by atoms with Crippen LogP contribution < -0.4 is 4.74 Å². The number of hydrogen-bond donors (Lipinski definition) is 0. The molecule has 0 aliphatic heterocycles. The molecule has 4 nitrogen and oxygen atoms in total. The summed E-state index contributed by atoms with van der Waals surface area (Å²) in [6.07, 6.45) is 6.83. The summed E-state index contributed by atoms with van der Waals surface area (Å²) < 4.78 is 7.84. The number of hydrogen-bond acceptors (Lipinski definition) is 3. The Morgan fingerprint density at radius 2 is 2.32 bits per heavy atom. The van der Waals surface area contributed by atoms with Crippen LogP contribution in [0, 0.1) is 0 Å². The van der Waals surface area contributed by atoms with Gasteiger partial charge in [0.05, 0.1) is 23.2 Å². The second-order valence-corrected chi connectivity index (χ2v) is 5.03. The standard InChI is InChI=1S/C14H13ClN2O2/c15-13-5-10(7-18)1-4-14(13)19-8-12-6-16-9-17(12)11-2-3-11/h1,4-7,9,11H,2-3,8H2. The van der Waals surface area contributed by atoms with E-state index in [1.54, 1.807) is 18.2 Å². The van der Waals surface area contributed by atoms with E-state index < -0.39 is 0 Å². The van der Waals surface area contributed by atoms with E-state index in [2.05, 4.69) is 9.55 Å². The van der Waals surface area contributed by atoms with Gasteiger partial charge in [-0.15, -0.1) is 0 Å². The first-order chi connectivity index (χ1) is 9.28. The molecule has 0 N–H and O–H groups in total. The smallest absolute Gasteiger partial charge is 0.150 e. The average Bonchev–Trinajstić information content (AvgIpc) is 3.16. The van der Waals surface area contributed by atoms with Gasteiger partial charge in [0.1, 0.15) is 18.6 Å². The maximum absolute atomic E-state index is 10.6. The third-order valence-corrected chi connectivity index (χ3v) is 3.45. The molecule has 0 atom stereocenters. The number of imidazole rings is 1. The first-order valence-corrected chi connectivity index (χ1v) is 6.54. The van der Waals surface area contributed by atoms with Gasteiger partial charge in [0.2, 0.25) is 0 Å². The molecule has 0 bridgehead atoms. The maximum Gasteiger partial charge on any atom is 0.150 e. The van der Waals surface area contributed by atoms with Gasteiger partial charge < -0.3 is 9.30 Å². The molecule has 19 heavy (non-hydrogen) atoms. The number of rotatable bonds is 5. The van der Waals surface area contributed by atoms with Crippen LogP contribution in [0.2, 0.25) is 5.02 Å². The number of nitrogens with zero attached hydrogens (tertiary/aromatic N) is 2. The minimum absolute atomic E-state index is 0.427. The summed E-state index contributed by atoms with van der Waals surface area (Å²) in [6.45, 7) is 0.427. The van der Waals surface area contributed by atoms with E-state index >= 15 is 0 Å². The van der Waals surface area contributed by atoms with Gasteiger partial charge in [-0.3, -0.25) is 4.79 Å². The van der Waals surface area contributed by atoms with Crippen LogP contribution in [0.1, 0.15) is 34.9 Å². The van der Waals surface area contributed by atoms with Gasteiger partial charge >= 0.3 is 0 Å². The molecule has 1 aromatic carbocycles. The van der Waals surface area contributed by atoms with Gasteiger partial charge in [-0.05, 0) is 31.0 Å². The molecule has 3 rings (SSSR count). The highest BCUT2D eigenvalue weighted by Crippen LogP contribution is 2.36. The van der Waals surface area contributed by atoms with E-state index in [-0.39, 0.29) is 0 Å². The van der Waals surface area contributed by atoms with Crippen molar-refractivity contribution in [1.29, 1.82) is 0 Å². The Kier molecular flexibility index (Phi) is 3.25. The van der Waals surface area contributed by atoms with Gasteiger partial charge in [0.15, 0.2) is 0 Å². The fourth-order valence-electron chi connectivity index (χ4n) is 1.98. The molecule has 0 saturated heterocycles. The van der Waals surface area contributed by atoms with Crippen molar-refractivity contribution in [3.8, 4) is 5.75 Å². The van der Waals surface area contributed by atoms with Crippen LogP contribution in [-0.2, 0) is 6.61 Å². The molecule has 1 aromatic heterocycles. The molecule has 0 spiro atoms. The van der Waals surface area contributed by atoms with E-state index in [0.717, 1.165) is 12.0 Å². The zero-order valence-electron chi connectivity index (χ0n) is 10.3. The predicted molar refractivity (Wildman–Crippen MR) is 71.7 cm³/mol. The lowest BCUT2D eigenvalue weighted by molar-refractivity contribution is 0.112. The number of carbonyl (C=O) groups is 1. The lowest BCUT2D eigenvalue weighted by Gasteiger charge is -2.10. The van der Waals surface area contributed by atoms with Gasteiger partial charge in [-0.1, -0.05) is 11.6 Å². The molecule has 0 amide bonds. The van der Waals surface area contributed by atoms with Crippen LogP contribution in [0.25, 0.3) is 0 Å². The Labute approximate surface area is 116 Å². The van der Waals surface area contributed by atoms with Gasteiger partial charge in [0, 0.05) is 11.6 Å². The minimum atomic E-state index is 0.427. The highest BCUT2D eigenvalue weighted by Gasteiger charge is 2.25. The first-order valence-electron chi connectivity index (χ1n) is 6.16. The van der Waals surface area contributed by atoms with Crippen LogP contribution in [0.3, 0.4) is 0 Å². The molecule has 1 fully saturated rings. The highest BCUT2D eigenvalue weighted by atomic mass is 35.5. The Balaban J connectivity index is 1.71. The SMILES string of the molecule is O=Cc1ccc(OCc2cncn2C2CC2)c(Cl)c1. The van der Waals surface area contributed by atoms with E-state index in [9.17, 15) is 4.79 Å².